The molecule has 0 saturated carbocycles. The quantitative estimate of drug-likeness (QED) is 0.594. The van der Waals surface area contributed by atoms with Gasteiger partial charge in [0.25, 0.3) is 0 Å². The van der Waals surface area contributed by atoms with Gasteiger partial charge in [-0.05, 0) is 6.42 Å². The molecule has 1 aromatic heterocycles. The first-order valence-corrected chi connectivity index (χ1v) is 10.4. The van der Waals surface area contributed by atoms with E-state index in [4.69, 9.17) is 9.15 Å². The Morgan fingerprint density at radius 1 is 1.17 bits per heavy atom. The molecule has 2 aromatic rings. The van der Waals surface area contributed by atoms with Gasteiger partial charge in [0.1, 0.15) is 0 Å². The predicted molar refractivity (Wildman–Crippen MR) is 113 cm³/mol. The van der Waals surface area contributed by atoms with Crippen molar-refractivity contribution in [2.24, 2.45) is 0 Å². The highest BCUT2D eigenvalue weighted by Crippen LogP contribution is 2.20. The van der Waals surface area contributed by atoms with E-state index in [1.165, 1.54) is 0 Å². The Labute approximate surface area is 177 Å². The number of carbonyl (C=O) groups is 2. The van der Waals surface area contributed by atoms with Crippen LogP contribution in [0, 0.1) is 0 Å². The number of amides is 2. The van der Waals surface area contributed by atoms with Crippen LogP contribution in [0.5, 0.6) is 0 Å². The second-order valence-corrected chi connectivity index (χ2v) is 7.34. The summed E-state index contributed by atoms with van der Waals surface area (Å²) < 4.78 is 10.7. The number of nitrogens with zero attached hydrogens (tertiary/aromatic N) is 3. The van der Waals surface area contributed by atoms with Crippen molar-refractivity contribution < 1.29 is 18.7 Å². The van der Waals surface area contributed by atoms with Crippen LogP contribution < -0.4 is 5.32 Å². The fourth-order valence-electron chi connectivity index (χ4n) is 3.39. The molecule has 30 heavy (non-hydrogen) atoms. The fraction of sp³-hybridized carbons (Fsp3) is 0.500. The number of rotatable bonds is 10. The maximum atomic E-state index is 12.5. The lowest BCUT2D eigenvalue weighted by Crippen LogP contribution is -2.51. The molecule has 1 aliphatic rings. The number of benzene rings is 1. The maximum Gasteiger partial charge on any atom is 0.234 e. The number of methoxy groups -OCH3 is 1. The molecule has 1 saturated heterocycles. The van der Waals surface area contributed by atoms with Crippen molar-refractivity contribution in [3.63, 3.8) is 0 Å². The van der Waals surface area contributed by atoms with Gasteiger partial charge in [-0.2, -0.15) is 0 Å². The van der Waals surface area contributed by atoms with Crippen LogP contribution in [0.2, 0.25) is 0 Å². The highest BCUT2D eigenvalue weighted by atomic mass is 16.5. The Kier molecular flexibility index (Phi) is 8.41. The Bertz CT molecular complexity index is 800. The predicted octanol–water partition coefficient (Wildman–Crippen LogP) is 1.57. The first kappa shape index (κ1) is 22.0. The molecular formula is C22H30N4O4. The molecule has 162 valence electrons. The zero-order valence-corrected chi connectivity index (χ0v) is 17.5. The SMILES string of the molecule is COCCCNC(=O)CN1CCN(C(=O)CCc2ncc(-c3ccccc3)o2)CC1. The van der Waals surface area contributed by atoms with Crippen LogP contribution in [0.15, 0.2) is 40.9 Å². The molecule has 0 unspecified atom stereocenters. The zero-order chi connectivity index (χ0) is 21.2. The molecule has 2 heterocycles. The van der Waals surface area contributed by atoms with E-state index in [1.807, 2.05) is 35.2 Å². The molecular weight excluding hydrogens is 384 g/mol. The molecule has 1 fully saturated rings. The van der Waals surface area contributed by atoms with Crippen LogP contribution in [0.25, 0.3) is 11.3 Å². The van der Waals surface area contributed by atoms with E-state index in [1.54, 1.807) is 13.3 Å². The number of aryl methyl sites for hydroxylation is 1. The third kappa shape index (κ3) is 6.67. The minimum atomic E-state index is 0.0176. The van der Waals surface area contributed by atoms with Gasteiger partial charge in [0.05, 0.1) is 12.7 Å². The van der Waals surface area contributed by atoms with E-state index >= 15 is 0 Å². The van der Waals surface area contributed by atoms with Gasteiger partial charge in [-0.1, -0.05) is 30.3 Å². The number of hydrogen-bond donors (Lipinski definition) is 1. The second kappa shape index (κ2) is 11.5. The first-order chi connectivity index (χ1) is 14.7. The van der Waals surface area contributed by atoms with Crippen molar-refractivity contribution in [2.75, 3.05) is 53.0 Å². The lowest BCUT2D eigenvalue weighted by Gasteiger charge is -2.34. The largest absolute Gasteiger partial charge is 0.441 e. The minimum absolute atomic E-state index is 0.0176. The summed E-state index contributed by atoms with van der Waals surface area (Å²) in [6.45, 7) is 4.31. The van der Waals surface area contributed by atoms with Crippen LogP contribution in [0.3, 0.4) is 0 Å². The standard InChI is InChI=1S/C22H30N4O4/c1-29-15-5-10-23-20(27)17-25-11-13-26(14-12-25)22(28)9-8-21-24-16-19(30-21)18-6-3-2-4-7-18/h2-4,6-7,16H,5,8-15,17H2,1H3,(H,23,27). The number of piperazine rings is 1. The summed E-state index contributed by atoms with van der Waals surface area (Å²) in [4.78, 5) is 32.7. The Morgan fingerprint density at radius 2 is 1.93 bits per heavy atom. The number of nitrogens with one attached hydrogen (secondary N) is 1. The smallest absolute Gasteiger partial charge is 0.234 e. The van der Waals surface area contributed by atoms with Gasteiger partial charge < -0.3 is 19.4 Å². The molecule has 8 nitrogen and oxygen atoms in total. The van der Waals surface area contributed by atoms with Crippen LogP contribution in [-0.2, 0) is 20.7 Å². The molecule has 3 rings (SSSR count). The molecule has 2 amide bonds. The summed E-state index contributed by atoms with van der Waals surface area (Å²) in [5.74, 6) is 1.40. The number of hydrogen-bond acceptors (Lipinski definition) is 6. The summed E-state index contributed by atoms with van der Waals surface area (Å²) in [7, 11) is 1.65. The van der Waals surface area contributed by atoms with Crippen molar-refractivity contribution in [3.05, 3.63) is 42.4 Å². The van der Waals surface area contributed by atoms with Crippen molar-refractivity contribution in [1.29, 1.82) is 0 Å². The average Bonchev–Trinajstić information content (AvgIpc) is 3.25. The fourth-order valence-corrected chi connectivity index (χ4v) is 3.39. The Balaban J connectivity index is 1.35. The lowest BCUT2D eigenvalue weighted by atomic mass is 10.2. The van der Waals surface area contributed by atoms with Gasteiger partial charge >= 0.3 is 0 Å². The summed E-state index contributed by atoms with van der Waals surface area (Å²) in [5.41, 5.74) is 0.974. The van der Waals surface area contributed by atoms with Crippen molar-refractivity contribution >= 4 is 11.8 Å². The van der Waals surface area contributed by atoms with E-state index in [-0.39, 0.29) is 11.8 Å². The molecule has 0 spiro atoms. The molecule has 0 bridgehead atoms. The van der Waals surface area contributed by atoms with Gasteiger partial charge in [-0.15, -0.1) is 0 Å². The minimum Gasteiger partial charge on any atom is -0.441 e. The van der Waals surface area contributed by atoms with Crippen LogP contribution in [0.1, 0.15) is 18.7 Å². The number of ether oxygens (including phenoxy) is 1. The molecule has 1 aliphatic heterocycles. The number of carbonyl (C=O) groups excluding carboxylic acids is 2. The monoisotopic (exact) mass is 414 g/mol. The van der Waals surface area contributed by atoms with Crippen LogP contribution in [0.4, 0.5) is 0 Å². The summed E-state index contributed by atoms with van der Waals surface area (Å²) in [6, 6.07) is 9.79. The van der Waals surface area contributed by atoms with E-state index in [0.29, 0.717) is 70.4 Å². The molecule has 8 heteroatoms. The topological polar surface area (TPSA) is 87.9 Å². The highest BCUT2D eigenvalue weighted by Gasteiger charge is 2.22. The first-order valence-electron chi connectivity index (χ1n) is 10.4. The van der Waals surface area contributed by atoms with Gasteiger partial charge in [-0.3, -0.25) is 14.5 Å². The Morgan fingerprint density at radius 3 is 2.67 bits per heavy atom. The Hall–Kier alpha value is -2.71. The van der Waals surface area contributed by atoms with E-state index < -0.39 is 0 Å². The van der Waals surface area contributed by atoms with Crippen LogP contribution >= 0.6 is 0 Å². The molecule has 0 aliphatic carbocycles. The summed E-state index contributed by atoms with van der Waals surface area (Å²) in [6.07, 6.45) is 3.36. The van der Waals surface area contributed by atoms with Crippen molar-refractivity contribution in [3.8, 4) is 11.3 Å². The van der Waals surface area contributed by atoms with E-state index in [0.717, 1.165) is 12.0 Å². The van der Waals surface area contributed by atoms with Crippen molar-refractivity contribution in [2.45, 2.75) is 19.3 Å². The molecule has 1 N–H and O–H groups in total. The molecule has 0 atom stereocenters. The molecule has 1 aromatic carbocycles. The van der Waals surface area contributed by atoms with Crippen molar-refractivity contribution in [1.82, 2.24) is 20.1 Å². The average molecular weight is 415 g/mol. The van der Waals surface area contributed by atoms with Gasteiger partial charge in [0.2, 0.25) is 11.8 Å². The van der Waals surface area contributed by atoms with Crippen LogP contribution in [-0.4, -0.2) is 79.6 Å². The lowest BCUT2D eigenvalue weighted by molar-refractivity contribution is -0.133. The number of oxazole rings is 1. The molecule has 0 radical (unpaired) electrons. The third-order valence-electron chi connectivity index (χ3n) is 5.10. The second-order valence-electron chi connectivity index (χ2n) is 7.34. The van der Waals surface area contributed by atoms with E-state index in [9.17, 15) is 9.59 Å². The number of aromatic nitrogens is 1. The third-order valence-corrected chi connectivity index (χ3v) is 5.10. The zero-order valence-electron chi connectivity index (χ0n) is 17.5. The summed E-state index contributed by atoms with van der Waals surface area (Å²) >= 11 is 0. The van der Waals surface area contributed by atoms with E-state index in [2.05, 4.69) is 15.2 Å². The van der Waals surface area contributed by atoms with Gasteiger partial charge in [0.15, 0.2) is 11.7 Å². The summed E-state index contributed by atoms with van der Waals surface area (Å²) in [5, 5.41) is 2.89. The maximum absolute atomic E-state index is 12.5. The highest BCUT2D eigenvalue weighted by molar-refractivity contribution is 5.78. The van der Waals surface area contributed by atoms with Gasteiger partial charge in [-0.25, -0.2) is 4.98 Å². The van der Waals surface area contributed by atoms with Gasteiger partial charge in [0, 0.05) is 64.8 Å². The normalized spacial score (nSPS) is 14.6.